The zero-order valence-electron chi connectivity index (χ0n) is 9.03. The van der Waals surface area contributed by atoms with Crippen molar-refractivity contribution in [3.8, 4) is 0 Å². The Bertz CT molecular complexity index is 296. The molecule has 0 aromatic carbocycles. The molecule has 1 rings (SSSR count). The predicted octanol–water partition coefficient (Wildman–Crippen LogP) is 3.19. The number of thiophene rings is 1. The van der Waals surface area contributed by atoms with Crippen LogP contribution in [0.3, 0.4) is 0 Å². The molecule has 0 saturated heterocycles. The van der Waals surface area contributed by atoms with Crippen molar-refractivity contribution in [3.05, 3.63) is 22.4 Å². The van der Waals surface area contributed by atoms with Crippen LogP contribution in [0.5, 0.6) is 0 Å². The van der Waals surface area contributed by atoms with E-state index in [4.69, 9.17) is 4.74 Å². The summed E-state index contributed by atoms with van der Waals surface area (Å²) < 4.78 is 5.29. The minimum atomic E-state index is -0.400. The topological polar surface area (TPSA) is 26.3 Å². The molecule has 1 unspecified atom stereocenters. The van der Waals surface area contributed by atoms with Gasteiger partial charge < -0.3 is 4.74 Å². The molecule has 14 heavy (non-hydrogen) atoms. The van der Waals surface area contributed by atoms with E-state index in [1.165, 1.54) is 0 Å². The van der Waals surface area contributed by atoms with Crippen LogP contribution in [0, 0.1) is 0 Å². The van der Waals surface area contributed by atoms with Gasteiger partial charge in [0.2, 0.25) is 0 Å². The fourth-order valence-electron chi connectivity index (χ4n) is 1.04. The normalized spacial score (nSPS) is 13.7. The largest absolute Gasteiger partial charge is 0.459 e. The van der Waals surface area contributed by atoms with Gasteiger partial charge in [0.1, 0.15) is 5.60 Å². The first kappa shape index (κ1) is 11.2. The van der Waals surface area contributed by atoms with E-state index in [2.05, 4.69) is 0 Å². The summed E-state index contributed by atoms with van der Waals surface area (Å²) in [5.74, 6) is -0.311. The van der Waals surface area contributed by atoms with E-state index in [-0.39, 0.29) is 11.9 Å². The molecule has 1 aromatic rings. The van der Waals surface area contributed by atoms with Crippen molar-refractivity contribution in [2.24, 2.45) is 0 Å². The van der Waals surface area contributed by atoms with Gasteiger partial charge in [0.05, 0.1) is 5.92 Å². The van der Waals surface area contributed by atoms with Crippen molar-refractivity contribution < 1.29 is 9.53 Å². The highest BCUT2D eigenvalue weighted by Gasteiger charge is 2.23. The molecule has 0 saturated carbocycles. The summed E-state index contributed by atoms with van der Waals surface area (Å²) in [4.78, 5) is 12.7. The van der Waals surface area contributed by atoms with E-state index in [9.17, 15) is 4.79 Å². The second kappa shape index (κ2) is 4.13. The summed E-state index contributed by atoms with van der Waals surface area (Å²) in [6.45, 7) is 7.52. The highest BCUT2D eigenvalue weighted by Crippen LogP contribution is 2.23. The van der Waals surface area contributed by atoms with Gasteiger partial charge in [0.15, 0.2) is 0 Å². The van der Waals surface area contributed by atoms with Gasteiger partial charge in [-0.05, 0) is 39.1 Å². The Morgan fingerprint density at radius 2 is 2.14 bits per heavy atom. The maximum atomic E-state index is 11.6. The quantitative estimate of drug-likeness (QED) is 0.704. The number of carbonyl (C=O) groups excluding carboxylic acids is 1. The van der Waals surface area contributed by atoms with Crippen LogP contribution in [0.15, 0.2) is 17.5 Å². The summed E-state index contributed by atoms with van der Waals surface area (Å²) in [5.41, 5.74) is -0.400. The third-order valence-electron chi connectivity index (χ3n) is 1.73. The smallest absolute Gasteiger partial charge is 0.314 e. The molecular formula is C11H16O2S. The molecule has 1 atom stereocenters. The lowest BCUT2D eigenvalue weighted by Crippen LogP contribution is -2.26. The molecule has 0 aliphatic carbocycles. The number of ether oxygens (including phenoxy) is 1. The molecule has 0 N–H and O–H groups in total. The molecule has 0 spiro atoms. The second-order valence-corrected chi connectivity index (χ2v) is 5.25. The van der Waals surface area contributed by atoms with Crippen LogP contribution in [0.4, 0.5) is 0 Å². The molecule has 3 heteroatoms. The Labute approximate surface area is 88.9 Å². The average Bonchev–Trinajstić information content (AvgIpc) is 2.51. The first-order valence-electron chi connectivity index (χ1n) is 4.66. The van der Waals surface area contributed by atoms with Gasteiger partial charge in [-0.2, -0.15) is 0 Å². The van der Waals surface area contributed by atoms with Crippen molar-refractivity contribution in [3.63, 3.8) is 0 Å². The lowest BCUT2D eigenvalue weighted by atomic mass is 10.1. The third kappa shape index (κ3) is 3.14. The van der Waals surface area contributed by atoms with E-state index in [1.807, 2.05) is 45.2 Å². The molecule has 0 amide bonds. The maximum absolute atomic E-state index is 11.6. The fourth-order valence-corrected chi connectivity index (χ4v) is 1.82. The Morgan fingerprint density at radius 1 is 1.50 bits per heavy atom. The maximum Gasteiger partial charge on any atom is 0.314 e. The van der Waals surface area contributed by atoms with E-state index >= 15 is 0 Å². The van der Waals surface area contributed by atoms with E-state index in [1.54, 1.807) is 11.3 Å². The van der Waals surface area contributed by atoms with E-state index in [0.717, 1.165) is 4.88 Å². The molecular weight excluding hydrogens is 196 g/mol. The molecule has 2 nitrogen and oxygen atoms in total. The van der Waals surface area contributed by atoms with Gasteiger partial charge >= 0.3 is 5.97 Å². The first-order chi connectivity index (χ1) is 6.40. The van der Waals surface area contributed by atoms with Gasteiger partial charge in [-0.3, -0.25) is 4.79 Å². The van der Waals surface area contributed by atoms with Crippen molar-refractivity contribution in [2.75, 3.05) is 0 Å². The molecule has 1 aromatic heterocycles. The van der Waals surface area contributed by atoms with E-state index in [0.29, 0.717) is 0 Å². The monoisotopic (exact) mass is 212 g/mol. The number of esters is 1. The number of rotatable bonds is 2. The molecule has 0 aliphatic rings. The Hall–Kier alpha value is -0.830. The molecule has 0 radical (unpaired) electrons. The van der Waals surface area contributed by atoms with Crippen molar-refractivity contribution in [2.45, 2.75) is 39.2 Å². The summed E-state index contributed by atoms with van der Waals surface area (Å²) in [6, 6.07) is 3.90. The fraction of sp³-hybridized carbons (Fsp3) is 0.545. The van der Waals surface area contributed by atoms with Gasteiger partial charge in [-0.15, -0.1) is 11.3 Å². The number of hydrogen-bond acceptors (Lipinski definition) is 3. The van der Waals surface area contributed by atoms with Crippen LogP contribution >= 0.6 is 11.3 Å². The summed E-state index contributed by atoms with van der Waals surface area (Å²) in [6.07, 6.45) is 0. The van der Waals surface area contributed by atoms with Gasteiger partial charge in [-0.1, -0.05) is 6.07 Å². The van der Waals surface area contributed by atoms with Crippen LogP contribution in [0.25, 0.3) is 0 Å². The van der Waals surface area contributed by atoms with Gasteiger partial charge in [0.25, 0.3) is 0 Å². The summed E-state index contributed by atoms with van der Waals surface area (Å²) in [5, 5.41) is 1.97. The highest BCUT2D eigenvalue weighted by atomic mass is 32.1. The average molecular weight is 212 g/mol. The molecule has 0 bridgehead atoms. The minimum absolute atomic E-state index is 0.153. The van der Waals surface area contributed by atoms with Gasteiger partial charge in [-0.25, -0.2) is 0 Å². The highest BCUT2D eigenvalue weighted by molar-refractivity contribution is 7.10. The van der Waals surface area contributed by atoms with Crippen LogP contribution in [0.1, 0.15) is 38.5 Å². The minimum Gasteiger partial charge on any atom is -0.459 e. The standard InChI is InChI=1S/C11H16O2S/c1-8(9-6-5-7-14-9)10(12)13-11(2,3)4/h5-8H,1-4H3. The number of hydrogen-bond donors (Lipinski definition) is 0. The van der Waals surface area contributed by atoms with E-state index < -0.39 is 5.60 Å². The van der Waals surface area contributed by atoms with Crippen LogP contribution in [-0.2, 0) is 9.53 Å². The zero-order chi connectivity index (χ0) is 10.8. The summed E-state index contributed by atoms with van der Waals surface area (Å²) in [7, 11) is 0. The molecule has 0 aliphatic heterocycles. The third-order valence-corrected chi connectivity index (χ3v) is 2.79. The van der Waals surface area contributed by atoms with Crippen molar-refractivity contribution in [1.29, 1.82) is 0 Å². The molecule has 78 valence electrons. The lowest BCUT2D eigenvalue weighted by molar-refractivity contribution is -0.156. The van der Waals surface area contributed by atoms with Gasteiger partial charge in [0, 0.05) is 4.88 Å². The lowest BCUT2D eigenvalue weighted by Gasteiger charge is -2.21. The molecule has 0 fully saturated rings. The Balaban J connectivity index is 2.63. The molecule has 1 heterocycles. The Morgan fingerprint density at radius 3 is 2.57 bits per heavy atom. The van der Waals surface area contributed by atoms with Crippen molar-refractivity contribution in [1.82, 2.24) is 0 Å². The predicted molar refractivity (Wildman–Crippen MR) is 58.6 cm³/mol. The summed E-state index contributed by atoms with van der Waals surface area (Å²) >= 11 is 1.58. The SMILES string of the molecule is CC(C(=O)OC(C)(C)C)c1cccs1. The van der Waals surface area contributed by atoms with Crippen LogP contribution in [-0.4, -0.2) is 11.6 Å². The number of carbonyl (C=O) groups is 1. The van der Waals surface area contributed by atoms with Crippen molar-refractivity contribution >= 4 is 17.3 Å². The van der Waals surface area contributed by atoms with Crippen LogP contribution in [0.2, 0.25) is 0 Å². The Kier molecular flexibility index (Phi) is 3.32. The second-order valence-electron chi connectivity index (χ2n) is 4.27. The van der Waals surface area contributed by atoms with Crippen LogP contribution < -0.4 is 0 Å². The first-order valence-corrected chi connectivity index (χ1v) is 5.54. The zero-order valence-corrected chi connectivity index (χ0v) is 9.85.